The third-order valence-electron chi connectivity index (χ3n) is 3.24. The average Bonchev–Trinajstić information content (AvgIpc) is 2.31. The molecule has 0 aliphatic carbocycles. The molecule has 1 aromatic carbocycles. The van der Waals surface area contributed by atoms with Gasteiger partial charge in [-0.1, -0.05) is 43.6 Å². The Bertz CT molecular complexity index is 352. The van der Waals surface area contributed by atoms with E-state index in [1.165, 1.54) is 5.56 Å². The number of hydrogen-bond acceptors (Lipinski definition) is 2. The molecule has 0 spiro atoms. The van der Waals surface area contributed by atoms with E-state index < -0.39 is 0 Å². The Morgan fingerprint density at radius 2 is 1.89 bits per heavy atom. The van der Waals surface area contributed by atoms with Crippen LogP contribution in [0.4, 0.5) is 0 Å². The Morgan fingerprint density at radius 1 is 1.22 bits per heavy atom. The molecule has 1 atom stereocenters. The Balaban J connectivity index is 2.40. The highest BCUT2D eigenvalue weighted by atomic mass is 35.5. The molecule has 18 heavy (non-hydrogen) atoms. The second-order valence-corrected chi connectivity index (χ2v) is 5.66. The normalized spacial score (nSPS) is 13.3. The second kappa shape index (κ2) is 7.78. The van der Waals surface area contributed by atoms with Crippen LogP contribution in [0.5, 0.6) is 0 Å². The zero-order valence-electron chi connectivity index (χ0n) is 11.9. The molecule has 2 nitrogen and oxygen atoms in total. The van der Waals surface area contributed by atoms with Crippen LogP contribution in [0, 0.1) is 0 Å². The van der Waals surface area contributed by atoms with Gasteiger partial charge in [0, 0.05) is 23.7 Å². The zero-order valence-corrected chi connectivity index (χ0v) is 12.7. The van der Waals surface area contributed by atoms with Gasteiger partial charge in [0.2, 0.25) is 0 Å². The number of nitrogens with one attached hydrogen (secondary N) is 1. The lowest BCUT2D eigenvalue weighted by Gasteiger charge is -2.25. The minimum Gasteiger partial charge on any atom is -0.314 e. The Morgan fingerprint density at radius 3 is 2.50 bits per heavy atom. The van der Waals surface area contributed by atoms with Crippen LogP contribution in [0.3, 0.4) is 0 Å². The highest BCUT2D eigenvalue weighted by Gasteiger charge is 2.10. The molecule has 0 saturated heterocycles. The first kappa shape index (κ1) is 15.5. The fourth-order valence-electron chi connectivity index (χ4n) is 1.85. The third-order valence-corrected chi connectivity index (χ3v) is 3.61. The van der Waals surface area contributed by atoms with E-state index in [9.17, 15) is 0 Å². The van der Waals surface area contributed by atoms with Crippen molar-refractivity contribution in [3.63, 3.8) is 0 Å². The minimum atomic E-state index is 0.549. The average molecular weight is 269 g/mol. The molecule has 0 bridgehead atoms. The SMILES string of the molecule is CC(C)NCCC(C)N(C)Cc1ccccc1Cl. The summed E-state index contributed by atoms with van der Waals surface area (Å²) < 4.78 is 0. The van der Waals surface area contributed by atoms with E-state index in [-0.39, 0.29) is 0 Å². The minimum absolute atomic E-state index is 0.549. The number of benzene rings is 1. The van der Waals surface area contributed by atoms with E-state index in [1.54, 1.807) is 0 Å². The summed E-state index contributed by atoms with van der Waals surface area (Å²) in [6.45, 7) is 8.59. The molecule has 102 valence electrons. The summed E-state index contributed by atoms with van der Waals surface area (Å²) in [7, 11) is 2.16. The van der Waals surface area contributed by atoms with Crippen molar-refractivity contribution in [2.24, 2.45) is 0 Å². The molecular formula is C15H25ClN2. The highest BCUT2D eigenvalue weighted by Crippen LogP contribution is 2.17. The first-order valence-corrected chi connectivity index (χ1v) is 7.05. The topological polar surface area (TPSA) is 15.3 Å². The standard InChI is InChI=1S/C15H25ClN2/c1-12(2)17-10-9-13(3)18(4)11-14-7-5-6-8-15(14)16/h5-8,12-13,17H,9-11H2,1-4H3. The van der Waals surface area contributed by atoms with Gasteiger partial charge in [0.25, 0.3) is 0 Å². The third kappa shape index (κ3) is 5.38. The smallest absolute Gasteiger partial charge is 0.0451 e. The van der Waals surface area contributed by atoms with E-state index >= 15 is 0 Å². The van der Waals surface area contributed by atoms with Gasteiger partial charge in [-0.2, -0.15) is 0 Å². The Labute approximate surface area is 116 Å². The first-order chi connectivity index (χ1) is 8.50. The van der Waals surface area contributed by atoms with Gasteiger partial charge in [-0.3, -0.25) is 4.90 Å². The summed E-state index contributed by atoms with van der Waals surface area (Å²) in [4.78, 5) is 2.35. The molecule has 0 radical (unpaired) electrons. The van der Waals surface area contributed by atoms with Crippen LogP contribution in [-0.2, 0) is 6.54 Å². The van der Waals surface area contributed by atoms with Crippen molar-refractivity contribution in [3.05, 3.63) is 34.9 Å². The lowest BCUT2D eigenvalue weighted by Crippen LogP contribution is -2.33. The van der Waals surface area contributed by atoms with Crippen LogP contribution in [0.2, 0.25) is 5.02 Å². The predicted octanol–water partition coefficient (Wildman–Crippen LogP) is 3.55. The molecule has 1 N–H and O–H groups in total. The molecule has 0 aliphatic rings. The van der Waals surface area contributed by atoms with Crippen molar-refractivity contribution in [1.29, 1.82) is 0 Å². The van der Waals surface area contributed by atoms with Gasteiger partial charge < -0.3 is 5.32 Å². The number of rotatable bonds is 7. The van der Waals surface area contributed by atoms with E-state index in [0.717, 1.165) is 24.5 Å². The number of halogens is 1. The van der Waals surface area contributed by atoms with Crippen molar-refractivity contribution in [2.75, 3.05) is 13.6 Å². The van der Waals surface area contributed by atoms with Crippen LogP contribution in [0.15, 0.2) is 24.3 Å². The van der Waals surface area contributed by atoms with Crippen LogP contribution in [-0.4, -0.2) is 30.6 Å². The molecule has 0 saturated carbocycles. The van der Waals surface area contributed by atoms with Crippen molar-refractivity contribution in [3.8, 4) is 0 Å². The maximum absolute atomic E-state index is 6.18. The van der Waals surface area contributed by atoms with Crippen molar-refractivity contribution in [2.45, 2.75) is 45.8 Å². The summed E-state index contributed by atoms with van der Waals surface area (Å²) in [5, 5.41) is 4.31. The number of hydrogen-bond donors (Lipinski definition) is 1. The largest absolute Gasteiger partial charge is 0.314 e. The van der Waals surface area contributed by atoms with Crippen LogP contribution in [0.1, 0.15) is 32.8 Å². The highest BCUT2D eigenvalue weighted by molar-refractivity contribution is 6.31. The molecule has 1 unspecified atom stereocenters. The van der Waals surface area contributed by atoms with E-state index in [4.69, 9.17) is 11.6 Å². The summed E-state index contributed by atoms with van der Waals surface area (Å²) in [6, 6.07) is 9.17. The van der Waals surface area contributed by atoms with Gasteiger partial charge in [-0.05, 0) is 38.6 Å². The van der Waals surface area contributed by atoms with Gasteiger partial charge in [0.1, 0.15) is 0 Å². The Kier molecular flexibility index (Phi) is 6.69. The lowest BCUT2D eigenvalue weighted by atomic mass is 10.1. The van der Waals surface area contributed by atoms with Crippen molar-refractivity contribution in [1.82, 2.24) is 10.2 Å². The Hall–Kier alpha value is -0.570. The molecule has 0 aliphatic heterocycles. The van der Waals surface area contributed by atoms with E-state index in [0.29, 0.717) is 12.1 Å². The maximum atomic E-state index is 6.18. The van der Waals surface area contributed by atoms with Crippen LogP contribution in [0.25, 0.3) is 0 Å². The van der Waals surface area contributed by atoms with Crippen molar-refractivity contribution >= 4 is 11.6 Å². The molecule has 1 rings (SSSR count). The summed E-state index contributed by atoms with van der Waals surface area (Å²) in [5.74, 6) is 0. The van der Waals surface area contributed by atoms with E-state index in [1.807, 2.05) is 18.2 Å². The first-order valence-electron chi connectivity index (χ1n) is 6.67. The van der Waals surface area contributed by atoms with Gasteiger partial charge in [0.15, 0.2) is 0 Å². The molecule has 0 fully saturated rings. The molecular weight excluding hydrogens is 244 g/mol. The molecule has 0 heterocycles. The quantitative estimate of drug-likeness (QED) is 0.814. The molecule has 0 amide bonds. The molecule has 3 heteroatoms. The zero-order chi connectivity index (χ0) is 13.5. The fraction of sp³-hybridized carbons (Fsp3) is 0.600. The van der Waals surface area contributed by atoms with Gasteiger partial charge in [-0.25, -0.2) is 0 Å². The van der Waals surface area contributed by atoms with Crippen LogP contribution < -0.4 is 5.32 Å². The monoisotopic (exact) mass is 268 g/mol. The summed E-state index contributed by atoms with van der Waals surface area (Å²) in [6.07, 6.45) is 1.15. The van der Waals surface area contributed by atoms with Crippen molar-refractivity contribution < 1.29 is 0 Å². The summed E-state index contributed by atoms with van der Waals surface area (Å²) in [5.41, 5.74) is 1.20. The maximum Gasteiger partial charge on any atom is 0.0451 e. The van der Waals surface area contributed by atoms with Gasteiger partial charge in [-0.15, -0.1) is 0 Å². The molecule has 1 aromatic rings. The molecule has 0 aromatic heterocycles. The summed E-state index contributed by atoms with van der Waals surface area (Å²) >= 11 is 6.18. The lowest BCUT2D eigenvalue weighted by molar-refractivity contribution is 0.235. The predicted molar refractivity (Wildman–Crippen MR) is 80.1 cm³/mol. The van der Waals surface area contributed by atoms with Gasteiger partial charge >= 0.3 is 0 Å². The second-order valence-electron chi connectivity index (χ2n) is 5.25. The number of nitrogens with zero attached hydrogens (tertiary/aromatic N) is 1. The van der Waals surface area contributed by atoms with Crippen LogP contribution >= 0.6 is 11.6 Å². The van der Waals surface area contributed by atoms with Gasteiger partial charge in [0.05, 0.1) is 0 Å². The van der Waals surface area contributed by atoms with E-state index in [2.05, 4.69) is 44.1 Å². The fourth-order valence-corrected chi connectivity index (χ4v) is 2.05.